The van der Waals surface area contributed by atoms with Gasteiger partial charge in [-0.25, -0.2) is 4.98 Å². The Morgan fingerprint density at radius 2 is 1.47 bits per heavy atom. The van der Waals surface area contributed by atoms with Crippen molar-refractivity contribution >= 4 is 71.1 Å². The third-order valence-corrected chi connectivity index (χ3v) is 6.25. The molecule has 2 heterocycles. The maximum atomic E-state index is 13.0. The minimum absolute atomic E-state index is 0.0198. The topological polar surface area (TPSA) is 70.5 Å². The number of pyridine rings is 1. The zero-order chi connectivity index (χ0) is 21.4. The van der Waals surface area contributed by atoms with Gasteiger partial charge in [0.05, 0.1) is 11.6 Å². The number of benzene rings is 2. The number of aromatic nitrogens is 1. The Labute approximate surface area is 197 Å². The van der Waals surface area contributed by atoms with Gasteiger partial charge in [0.15, 0.2) is 0 Å². The first-order valence-corrected chi connectivity index (χ1v) is 11.2. The molecule has 1 saturated heterocycles. The van der Waals surface area contributed by atoms with Crippen LogP contribution in [-0.4, -0.2) is 21.8 Å². The summed E-state index contributed by atoms with van der Waals surface area (Å²) < 4.78 is 2.41. The number of hydrogen-bond acceptors (Lipinski definition) is 4. The maximum absolute atomic E-state index is 13.0. The fourth-order valence-corrected chi connectivity index (χ4v) is 4.17. The van der Waals surface area contributed by atoms with Crippen LogP contribution in [0.1, 0.15) is 17.2 Å². The summed E-state index contributed by atoms with van der Waals surface area (Å²) in [6.07, 6.45) is 1.55. The Kier molecular flexibility index (Phi) is 5.90. The number of nitrogens with zero attached hydrogens (tertiary/aromatic N) is 2. The van der Waals surface area contributed by atoms with Crippen molar-refractivity contribution in [3.8, 4) is 0 Å². The number of halogens is 3. The summed E-state index contributed by atoms with van der Waals surface area (Å²) in [5, 5.41) is 11.0. The number of amides is 1. The molecule has 1 amide bonds. The Hall–Kier alpha value is -2.29. The van der Waals surface area contributed by atoms with Gasteiger partial charge in [0.2, 0.25) is 0 Å². The van der Waals surface area contributed by atoms with Crippen LogP contribution >= 0.6 is 47.8 Å². The Balaban J connectivity index is 1.95. The third kappa shape index (κ3) is 3.87. The molecule has 1 N–H and O–H groups in total. The van der Waals surface area contributed by atoms with Gasteiger partial charge in [0.1, 0.15) is 11.6 Å². The first-order valence-electron chi connectivity index (χ1n) is 8.81. The van der Waals surface area contributed by atoms with Crippen molar-refractivity contribution in [1.82, 2.24) is 4.98 Å². The zero-order valence-corrected chi connectivity index (χ0v) is 20.0. The van der Waals surface area contributed by atoms with Gasteiger partial charge in [-0.05, 0) is 42.0 Å². The molecule has 0 saturated carbocycles. The molecule has 1 aliphatic rings. The lowest BCUT2D eigenvalue weighted by atomic mass is 9.95. The summed E-state index contributed by atoms with van der Waals surface area (Å²) >= 11 is 10.1. The van der Waals surface area contributed by atoms with E-state index in [0.717, 1.165) is 13.4 Å². The molecule has 0 bridgehead atoms. The molecule has 30 heavy (non-hydrogen) atoms. The second-order valence-electron chi connectivity index (χ2n) is 6.56. The highest BCUT2D eigenvalue weighted by Gasteiger charge is 2.47. The minimum atomic E-state index is -0.816. The van der Waals surface area contributed by atoms with Crippen LogP contribution in [0.15, 0.2) is 85.9 Å². The maximum Gasteiger partial charge on any atom is 0.301 e. The van der Waals surface area contributed by atoms with Crippen molar-refractivity contribution in [1.29, 1.82) is 0 Å². The molecule has 150 valence electrons. The van der Waals surface area contributed by atoms with E-state index in [2.05, 4.69) is 52.8 Å². The molecule has 5 nitrogen and oxygen atoms in total. The molecular weight excluding hydrogens is 580 g/mol. The van der Waals surface area contributed by atoms with Gasteiger partial charge >= 0.3 is 5.91 Å². The molecule has 0 radical (unpaired) electrons. The van der Waals surface area contributed by atoms with E-state index in [1.165, 1.54) is 4.90 Å². The highest BCUT2D eigenvalue weighted by Crippen LogP contribution is 2.42. The van der Waals surface area contributed by atoms with Gasteiger partial charge in [-0.1, -0.05) is 72.1 Å². The normalized spacial score (nSPS) is 18.1. The average Bonchev–Trinajstić information content (AvgIpc) is 2.99. The van der Waals surface area contributed by atoms with Gasteiger partial charge < -0.3 is 5.11 Å². The zero-order valence-electron chi connectivity index (χ0n) is 15.2. The number of carbonyl (C=O) groups is 2. The second kappa shape index (κ2) is 8.45. The summed E-state index contributed by atoms with van der Waals surface area (Å²) in [7, 11) is 0. The van der Waals surface area contributed by atoms with E-state index in [9.17, 15) is 14.7 Å². The van der Waals surface area contributed by atoms with E-state index in [1.807, 2.05) is 12.1 Å². The summed E-state index contributed by atoms with van der Waals surface area (Å²) in [5.74, 6) is -1.42. The fraction of sp³-hybridized carbons (Fsp3) is 0.0455. The monoisotopic (exact) mass is 590 g/mol. The quantitative estimate of drug-likeness (QED) is 0.230. The average molecular weight is 593 g/mol. The number of Topliss-reactive ketones (excluding diaryl/α,β-unsaturated/α-hetero) is 1. The van der Waals surface area contributed by atoms with Crippen molar-refractivity contribution in [3.63, 3.8) is 0 Å². The van der Waals surface area contributed by atoms with Crippen LogP contribution in [0.3, 0.4) is 0 Å². The smallest absolute Gasteiger partial charge is 0.301 e. The van der Waals surface area contributed by atoms with Crippen molar-refractivity contribution in [2.45, 2.75) is 6.04 Å². The predicted molar refractivity (Wildman–Crippen MR) is 125 cm³/mol. The first-order chi connectivity index (χ1) is 14.4. The highest BCUT2D eigenvalue weighted by atomic mass is 79.9. The summed E-state index contributed by atoms with van der Waals surface area (Å²) in [6.45, 7) is 0. The van der Waals surface area contributed by atoms with Gasteiger partial charge in [0.25, 0.3) is 5.78 Å². The van der Waals surface area contributed by atoms with Crippen LogP contribution in [0.2, 0.25) is 0 Å². The molecule has 0 aliphatic carbocycles. The predicted octanol–water partition coefficient (Wildman–Crippen LogP) is 6.00. The van der Waals surface area contributed by atoms with Gasteiger partial charge in [-0.15, -0.1) is 0 Å². The molecule has 2 aromatic carbocycles. The summed E-state index contributed by atoms with van der Waals surface area (Å²) in [6, 6.07) is 16.7. The molecule has 1 aliphatic heterocycles. The lowest BCUT2D eigenvalue weighted by Gasteiger charge is -2.24. The Morgan fingerprint density at radius 3 is 2.07 bits per heavy atom. The molecule has 1 aromatic heterocycles. The van der Waals surface area contributed by atoms with E-state index >= 15 is 0 Å². The summed E-state index contributed by atoms with van der Waals surface area (Å²) in [4.78, 5) is 31.7. The van der Waals surface area contributed by atoms with E-state index in [4.69, 9.17) is 0 Å². The van der Waals surface area contributed by atoms with Crippen molar-refractivity contribution < 1.29 is 14.7 Å². The second-order valence-corrected chi connectivity index (χ2v) is 9.31. The van der Waals surface area contributed by atoms with E-state index in [-0.39, 0.29) is 11.3 Å². The molecule has 1 fully saturated rings. The molecule has 1 atom stereocenters. The lowest BCUT2D eigenvalue weighted by molar-refractivity contribution is -0.132. The van der Waals surface area contributed by atoms with Gasteiger partial charge in [-0.2, -0.15) is 0 Å². The lowest BCUT2D eigenvalue weighted by Crippen LogP contribution is -2.30. The van der Waals surface area contributed by atoms with Crippen LogP contribution in [0.5, 0.6) is 0 Å². The molecule has 0 spiro atoms. The van der Waals surface area contributed by atoms with E-state index in [1.54, 1.807) is 54.7 Å². The number of carbonyl (C=O) groups excluding carboxylic acids is 2. The van der Waals surface area contributed by atoms with Crippen LogP contribution in [0.25, 0.3) is 5.76 Å². The number of aliphatic hydroxyl groups excluding tert-OH is 1. The number of anilines is 1. The fourth-order valence-electron chi connectivity index (χ4n) is 3.32. The van der Waals surface area contributed by atoms with E-state index < -0.39 is 17.7 Å². The van der Waals surface area contributed by atoms with Gasteiger partial charge in [-0.3, -0.25) is 14.5 Å². The van der Waals surface area contributed by atoms with Crippen LogP contribution in [0.4, 0.5) is 5.82 Å². The highest BCUT2D eigenvalue weighted by molar-refractivity contribution is 9.11. The molecule has 1 unspecified atom stereocenters. The van der Waals surface area contributed by atoms with Crippen molar-refractivity contribution in [3.05, 3.63) is 97.0 Å². The number of ketones is 1. The summed E-state index contributed by atoms with van der Waals surface area (Å²) in [5.41, 5.74) is 1.14. The van der Waals surface area contributed by atoms with Gasteiger partial charge in [0, 0.05) is 25.2 Å². The number of rotatable bonds is 3. The SMILES string of the molecule is O=C1C(=O)N(c2cc(Br)ccn2)C(c2ccc(Br)cc2)C1=C(O)c1ccc(Br)cc1. The molecule has 4 rings (SSSR count). The van der Waals surface area contributed by atoms with Crippen LogP contribution < -0.4 is 4.90 Å². The molecule has 3 aromatic rings. The largest absolute Gasteiger partial charge is 0.507 e. The first kappa shape index (κ1) is 21.0. The number of hydrogen-bond donors (Lipinski definition) is 1. The third-order valence-electron chi connectivity index (χ3n) is 4.70. The number of aliphatic hydroxyl groups is 1. The Morgan fingerprint density at radius 1 is 0.867 bits per heavy atom. The molecule has 8 heteroatoms. The Bertz CT molecular complexity index is 1170. The van der Waals surface area contributed by atoms with Crippen LogP contribution in [0, 0.1) is 0 Å². The van der Waals surface area contributed by atoms with E-state index in [0.29, 0.717) is 16.9 Å². The molecular formula is C22H13Br3N2O3. The minimum Gasteiger partial charge on any atom is -0.507 e. The van der Waals surface area contributed by atoms with Crippen molar-refractivity contribution in [2.75, 3.05) is 4.90 Å². The standard InChI is InChI=1S/C22H13Br3N2O3/c23-14-5-1-12(2-6-14)19-18(20(28)13-3-7-15(24)8-4-13)21(29)22(30)27(19)17-11-16(25)9-10-26-17/h1-11,19,28H. The van der Waals surface area contributed by atoms with Crippen LogP contribution in [-0.2, 0) is 9.59 Å². The van der Waals surface area contributed by atoms with Crippen molar-refractivity contribution in [2.24, 2.45) is 0 Å².